The van der Waals surface area contributed by atoms with Crippen LogP contribution in [-0.2, 0) is 22.3 Å². The summed E-state index contributed by atoms with van der Waals surface area (Å²) in [5.41, 5.74) is 1.13. The third kappa shape index (κ3) is 5.08. The SMILES string of the molecule is COC1(C[S+]([O-])c2ccccc2)CCN(CCc2ccccc2)CC1. The molecule has 2 aromatic rings. The molecule has 1 atom stereocenters. The van der Waals surface area contributed by atoms with Gasteiger partial charge in [0.25, 0.3) is 0 Å². The third-order valence-corrected chi connectivity index (χ3v) is 6.75. The number of hydrogen-bond donors (Lipinski definition) is 0. The Bertz CT molecular complexity index is 627. The van der Waals surface area contributed by atoms with E-state index in [-0.39, 0.29) is 5.60 Å². The first-order valence-corrected chi connectivity index (χ1v) is 10.3. The summed E-state index contributed by atoms with van der Waals surface area (Å²) in [6.45, 7) is 3.09. The number of rotatable bonds is 7. The zero-order valence-electron chi connectivity index (χ0n) is 14.9. The van der Waals surface area contributed by atoms with E-state index in [1.165, 1.54) is 5.56 Å². The molecule has 2 aromatic carbocycles. The highest BCUT2D eigenvalue weighted by molar-refractivity contribution is 7.91. The second kappa shape index (κ2) is 8.86. The van der Waals surface area contributed by atoms with E-state index < -0.39 is 11.2 Å². The number of likely N-dealkylation sites (tertiary alicyclic amines) is 1. The van der Waals surface area contributed by atoms with Crippen molar-refractivity contribution in [3.63, 3.8) is 0 Å². The molecule has 1 heterocycles. The van der Waals surface area contributed by atoms with Crippen molar-refractivity contribution in [1.82, 2.24) is 4.90 Å². The van der Waals surface area contributed by atoms with Crippen molar-refractivity contribution in [2.75, 3.05) is 32.5 Å². The molecule has 0 amide bonds. The Balaban J connectivity index is 1.51. The Morgan fingerprint density at radius 3 is 2.20 bits per heavy atom. The fraction of sp³-hybridized carbons (Fsp3) is 0.429. The molecule has 0 aliphatic carbocycles. The largest absolute Gasteiger partial charge is 0.611 e. The van der Waals surface area contributed by atoms with Gasteiger partial charge in [0.15, 0.2) is 4.90 Å². The minimum atomic E-state index is -1.01. The summed E-state index contributed by atoms with van der Waals surface area (Å²) < 4.78 is 18.5. The minimum Gasteiger partial charge on any atom is -0.611 e. The van der Waals surface area contributed by atoms with Gasteiger partial charge in [0, 0.05) is 26.7 Å². The van der Waals surface area contributed by atoms with Gasteiger partial charge in [-0.1, -0.05) is 48.5 Å². The van der Waals surface area contributed by atoms with Crippen LogP contribution in [0.1, 0.15) is 18.4 Å². The van der Waals surface area contributed by atoms with Gasteiger partial charge in [-0.05, 0) is 48.1 Å². The predicted molar refractivity (Wildman–Crippen MR) is 103 cm³/mol. The van der Waals surface area contributed by atoms with Crippen LogP contribution in [0.4, 0.5) is 0 Å². The fourth-order valence-corrected chi connectivity index (χ4v) is 4.93. The van der Waals surface area contributed by atoms with Crippen molar-refractivity contribution in [3.8, 4) is 0 Å². The Morgan fingerprint density at radius 1 is 1.00 bits per heavy atom. The smallest absolute Gasteiger partial charge is 0.152 e. The Hall–Kier alpha value is -1.33. The highest BCUT2D eigenvalue weighted by Crippen LogP contribution is 2.29. The van der Waals surface area contributed by atoms with Gasteiger partial charge in [-0.25, -0.2) is 0 Å². The molecule has 0 spiro atoms. The maximum absolute atomic E-state index is 12.7. The molecule has 0 saturated carbocycles. The van der Waals surface area contributed by atoms with Crippen molar-refractivity contribution >= 4 is 11.2 Å². The predicted octanol–water partition coefficient (Wildman–Crippen LogP) is 3.52. The molecule has 1 saturated heterocycles. The first-order chi connectivity index (χ1) is 12.2. The number of nitrogens with zero attached hydrogens (tertiary/aromatic N) is 1. The van der Waals surface area contributed by atoms with Crippen molar-refractivity contribution in [1.29, 1.82) is 0 Å². The first kappa shape index (κ1) is 18.5. The second-order valence-electron chi connectivity index (χ2n) is 6.77. The average molecular weight is 358 g/mol. The van der Waals surface area contributed by atoms with Crippen LogP contribution in [0.5, 0.6) is 0 Å². The molecule has 3 nitrogen and oxygen atoms in total. The van der Waals surface area contributed by atoms with E-state index in [2.05, 4.69) is 35.2 Å². The summed E-state index contributed by atoms with van der Waals surface area (Å²) >= 11 is -1.01. The molecule has 0 N–H and O–H groups in total. The van der Waals surface area contributed by atoms with Gasteiger partial charge >= 0.3 is 0 Å². The molecular weight excluding hydrogens is 330 g/mol. The Kier molecular flexibility index (Phi) is 6.54. The molecule has 3 rings (SSSR count). The molecule has 0 radical (unpaired) electrons. The Morgan fingerprint density at radius 2 is 1.60 bits per heavy atom. The van der Waals surface area contributed by atoms with Gasteiger partial charge in [0.2, 0.25) is 0 Å². The molecule has 4 heteroatoms. The summed E-state index contributed by atoms with van der Waals surface area (Å²) in [7, 11) is 1.77. The molecule has 1 aliphatic heterocycles. The standard InChI is InChI=1S/C21H27NO2S/c1-24-21(18-25(23)20-10-6-3-7-11-20)13-16-22(17-14-21)15-12-19-8-4-2-5-9-19/h2-11H,12-18H2,1H3. The summed E-state index contributed by atoms with van der Waals surface area (Å²) in [6, 6.07) is 20.3. The van der Waals surface area contributed by atoms with Crippen molar-refractivity contribution < 1.29 is 9.29 Å². The highest BCUT2D eigenvalue weighted by atomic mass is 32.2. The van der Waals surface area contributed by atoms with Gasteiger partial charge < -0.3 is 14.2 Å². The minimum absolute atomic E-state index is 0.260. The van der Waals surface area contributed by atoms with E-state index in [9.17, 15) is 4.55 Å². The molecule has 0 aromatic heterocycles. The van der Waals surface area contributed by atoms with Gasteiger partial charge in [-0.3, -0.25) is 0 Å². The van der Waals surface area contributed by atoms with E-state index >= 15 is 0 Å². The van der Waals surface area contributed by atoms with Crippen LogP contribution in [0.15, 0.2) is 65.6 Å². The monoisotopic (exact) mass is 357 g/mol. The van der Waals surface area contributed by atoms with Crippen LogP contribution in [0.2, 0.25) is 0 Å². The van der Waals surface area contributed by atoms with Gasteiger partial charge in [-0.2, -0.15) is 0 Å². The third-order valence-electron chi connectivity index (χ3n) is 5.16. The van der Waals surface area contributed by atoms with Gasteiger partial charge in [-0.15, -0.1) is 0 Å². The first-order valence-electron chi connectivity index (χ1n) is 8.96. The summed E-state index contributed by atoms with van der Waals surface area (Å²) in [5.74, 6) is 0.583. The molecule has 1 fully saturated rings. The lowest BCUT2D eigenvalue weighted by molar-refractivity contribution is -0.0396. The second-order valence-corrected chi connectivity index (χ2v) is 8.22. The van der Waals surface area contributed by atoms with Crippen LogP contribution in [0, 0.1) is 0 Å². The van der Waals surface area contributed by atoms with E-state index in [1.807, 2.05) is 30.3 Å². The summed E-state index contributed by atoms with van der Waals surface area (Å²) in [6.07, 6.45) is 2.96. The topological polar surface area (TPSA) is 35.5 Å². The summed E-state index contributed by atoms with van der Waals surface area (Å²) in [5, 5.41) is 0. The number of ether oxygens (including phenoxy) is 1. The van der Waals surface area contributed by atoms with E-state index in [4.69, 9.17) is 4.74 Å². The normalized spacial score (nSPS) is 18.8. The molecule has 25 heavy (non-hydrogen) atoms. The lowest BCUT2D eigenvalue weighted by atomic mass is 9.93. The zero-order chi connectivity index (χ0) is 17.5. The van der Waals surface area contributed by atoms with Crippen LogP contribution in [0.25, 0.3) is 0 Å². The lowest BCUT2D eigenvalue weighted by Crippen LogP contribution is -2.49. The summed E-state index contributed by atoms with van der Waals surface area (Å²) in [4.78, 5) is 3.39. The maximum Gasteiger partial charge on any atom is 0.152 e. The zero-order valence-corrected chi connectivity index (χ0v) is 15.7. The molecule has 1 unspecified atom stereocenters. The van der Waals surface area contributed by atoms with E-state index in [0.29, 0.717) is 5.75 Å². The van der Waals surface area contributed by atoms with Gasteiger partial charge in [0.1, 0.15) is 11.4 Å². The highest BCUT2D eigenvalue weighted by Gasteiger charge is 2.39. The quantitative estimate of drug-likeness (QED) is 0.711. The van der Waals surface area contributed by atoms with E-state index in [0.717, 1.165) is 43.8 Å². The average Bonchev–Trinajstić information content (AvgIpc) is 2.69. The van der Waals surface area contributed by atoms with Crippen molar-refractivity contribution in [2.45, 2.75) is 29.8 Å². The van der Waals surface area contributed by atoms with E-state index in [1.54, 1.807) is 7.11 Å². The fourth-order valence-electron chi connectivity index (χ4n) is 3.42. The Labute approximate surface area is 154 Å². The molecule has 1 aliphatic rings. The van der Waals surface area contributed by atoms with Crippen LogP contribution >= 0.6 is 0 Å². The molecular formula is C21H27NO2S. The number of methoxy groups -OCH3 is 1. The molecule has 134 valence electrons. The van der Waals surface area contributed by atoms with Crippen molar-refractivity contribution in [2.24, 2.45) is 0 Å². The van der Waals surface area contributed by atoms with Crippen molar-refractivity contribution in [3.05, 3.63) is 66.2 Å². The van der Waals surface area contributed by atoms with Crippen LogP contribution in [0.3, 0.4) is 0 Å². The maximum atomic E-state index is 12.7. The lowest BCUT2D eigenvalue weighted by Gasteiger charge is -2.40. The molecule has 0 bridgehead atoms. The number of hydrogen-bond acceptors (Lipinski definition) is 3. The number of piperidine rings is 1. The van der Waals surface area contributed by atoms with Gasteiger partial charge in [0.05, 0.1) is 0 Å². The number of benzene rings is 2. The van der Waals surface area contributed by atoms with Crippen LogP contribution in [-0.4, -0.2) is 47.6 Å². The van der Waals surface area contributed by atoms with Crippen LogP contribution < -0.4 is 0 Å².